The van der Waals surface area contributed by atoms with Gasteiger partial charge < -0.3 is 4.76 Å². The van der Waals surface area contributed by atoms with Gasteiger partial charge in [-0.25, -0.2) is 14.2 Å². The van der Waals surface area contributed by atoms with Crippen molar-refractivity contribution < 1.29 is 13.9 Å². The number of rotatable bonds is 3. The zero-order chi connectivity index (χ0) is 16.4. The van der Waals surface area contributed by atoms with E-state index in [2.05, 4.69) is 10.3 Å². The molecule has 0 unspecified atom stereocenters. The SMILES string of the molecule is C[B]ON1CCC2(CC1)C(=NC)NC(=O)N2c1cccc(F)c1. The van der Waals surface area contributed by atoms with Crippen molar-refractivity contribution in [3.63, 3.8) is 0 Å². The molecule has 3 rings (SSSR count). The van der Waals surface area contributed by atoms with E-state index in [9.17, 15) is 9.18 Å². The number of nitrogens with one attached hydrogen (secondary N) is 1. The Labute approximate surface area is 135 Å². The Morgan fingerprint density at radius 2 is 2.13 bits per heavy atom. The number of urea groups is 1. The molecule has 1 aromatic rings. The van der Waals surface area contributed by atoms with Gasteiger partial charge in [-0.1, -0.05) is 12.9 Å². The van der Waals surface area contributed by atoms with Gasteiger partial charge in [0, 0.05) is 25.8 Å². The van der Waals surface area contributed by atoms with Gasteiger partial charge >= 0.3 is 13.5 Å². The van der Waals surface area contributed by atoms with Crippen molar-refractivity contribution in [1.82, 2.24) is 10.4 Å². The number of amides is 2. The monoisotopic (exact) mass is 317 g/mol. The largest absolute Gasteiger partial charge is 0.367 e. The lowest BCUT2D eigenvalue weighted by molar-refractivity contribution is -0.0772. The lowest BCUT2D eigenvalue weighted by Gasteiger charge is -2.43. The van der Waals surface area contributed by atoms with Crippen LogP contribution in [-0.2, 0) is 4.76 Å². The first kappa shape index (κ1) is 16.0. The molecule has 0 atom stereocenters. The van der Waals surface area contributed by atoms with Gasteiger partial charge in [-0.15, -0.1) is 0 Å². The highest BCUT2D eigenvalue weighted by Gasteiger charge is 2.52. The maximum atomic E-state index is 13.6. The van der Waals surface area contributed by atoms with Crippen LogP contribution in [0.1, 0.15) is 12.8 Å². The number of piperidine rings is 1. The second kappa shape index (κ2) is 6.29. The lowest BCUT2D eigenvalue weighted by atomic mass is 9.85. The summed E-state index contributed by atoms with van der Waals surface area (Å²) >= 11 is 0. The summed E-state index contributed by atoms with van der Waals surface area (Å²) in [6.07, 6.45) is 1.31. The van der Waals surface area contributed by atoms with Crippen LogP contribution in [-0.4, -0.2) is 50.1 Å². The molecule has 2 aliphatic heterocycles. The fraction of sp³-hybridized carbons (Fsp3) is 0.467. The average molecular weight is 317 g/mol. The van der Waals surface area contributed by atoms with E-state index in [0.29, 0.717) is 37.5 Å². The maximum Gasteiger partial charge on any atom is 0.328 e. The Kier molecular flexibility index (Phi) is 4.36. The summed E-state index contributed by atoms with van der Waals surface area (Å²) in [7, 11) is 3.30. The van der Waals surface area contributed by atoms with Gasteiger partial charge in [0.25, 0.3) is 0 Å². The summed E-state index contributed by atoms with van der Waals surface area (Å²) < 4.78 is 19.0. The van der Waals surface area contributed by atoms with E-state index in [1.54, 1.807) is 31.6 Å². The molecule has 8 heteroatoms. The molecule has 1 aromatic carbocycles. The molecular formula is C15H19BFN4O2. The molecule has 0 aromatic heterocycles. The van der Waals surface area contributed by atoms with Crippen LogP contribution in [0.5, 0.6) is 0 Å². The van der Waals surface area contributed by atoms with Crippen LogP contribution in [0.25, 0.3) is 0 Å². The highest BCUT2D eigenvalue weighted by molar-refractivity contribution is 6.24. The van der Waals surface area contributed by atoms with E-state index >= 15 is 0 Å². The van der Waals surface area contributed by atoms with Crippen molar-refractivity contribution in [3.8, 4) is 0 Å². The molecule has 2 fully saturated rings. The molecule has 121 valence electrons. The van der Waals surface area contributed by atoms with Gasteiger partial charge in [0.05, 0.1) is 0 Å². The van der Waals surface area contributed by atoms with Crippen LogP contribution >= 0.6 is 0 Å². The van der Waals surface area contributed by atoms with Crippen molar-refractivity contribution >= 4 is 25.0 Å². The summed E-state index contributed by atoms with van der Waals surface area (Å²) in [6, 6.07) is 5.82. The normalized spacial score (nSPS) is 22.7. The molecule has 0 bridgehead atoms. The molecule has 6 nitrogen and oxygen atoms in total. The zero-order valence-electron chi connectivity index (χ0n) is 13.3. The number of anilines is 1. The molecule has 0 aliphatic carbocycles. The molecule has 2 aliphatic rings. The smallest absolute Gasteiger partial charge is 0.328 e. The molecule has 2 heterocycles. The molecule has 1 radical (unpaired) electrons. The minimum absolute atomic E-state index is 0.271. The predicted octanol–water partition coefficient (Wildman–Crippen LogP) is 1.82. The number of nitrogens with zero attached hydrogens (tertiary/aromatic N) is 3. The summed E-state index contributed by atoms with van der Waals surface area (Å²) in [6.45, 7) is 3.14. The fourth-order valence-electron chi connectivity index (χ4n) is 3.39. The third kappa shape index (κ3) is 2.72. The van der Waals surface area contributed by atoms with Crippen LogP contribution in [0.4, 0.5) is 14.9 Å². The number of aliphatic imine (C=N–C) groups is 1. The first-order valence-corrected chi connectivity index (χ1v) is 7.64. The first-order valence-electron chi connectivity index (χ1n) is 7.64. The Bertz CT molecular complexity index is 632. The average Bonchev–Trinajstić information content (AvgIpc) is 2.81. The number of carbonyl (C=O) groups is 1. The zero-order valence-corrected chi connectivity index (χ0v) is 13.3. The highest BCUT2D eigenvalue weighted by Crippen LogP contribution is 2.37. The van der Waals surface area contributed by atoms with Gasteiger partial charge in [-0.05, 0) is 31.0 Å². The summed E-state index contributed by atoms with van der Waals surface area (Å²) in [5.74, 6) is 0.264. The molecule has 2 saturated heterocycles. The molecular weight excluding hydrogens is 298 g/mol. The molecule has 1 spiro atoms. The molecule has 1 N–H and O–H groups in total. The van der Waals surface area contributed by atoms with Crippen molar-refractivity contribution in [1.29, 1.82) is 0 Å². The van der Waals surface area contributed by atoms with E-state index in [-0.39, 0.29) is 11.8 Å². The van der Waals surface area contributed by atoms with E-state index in [4.69, 9.17) is 4.76 Å². The maximum absolute atomic E-state index is 13.6. The second-order valence-electron chi connectivity index (χ2n) is 5.62. The minimum Gasteiger partial charge on any atom is -0.367 e. The fourth-order valence-corrected chi connectivity index (χ4v) is 3.39. The van der Waals surface area contributed by atoms with Gasteiger partial charge in [0.15, 0.2) is 0 Å². The first-order chi connectivity index (χ1) is 11.1. The lowest BCUT2D eigenvalue weighted by Crippen LogP contribution is -2.57. The standard InChI is InChI=1S/C15H19BFN4O2/c1-16-23-20-8-6-15(7-9-20)13(18-2)19-14(22)21(15)12-5-3-4-11(17)10-12/h3-5,10H,6-9H2,1-2H3,(H,18,19,22). The van der Waals surface area contributed by atoms with E-state index in [1.807, 2.05) is 11.9 Å². The van der Waals surface area contributed by atoms with Crippen molar-refractivity contribution in [2.75, 3.05) is 25.0 Å². The number of benzene rings is 1. The Balaban J connectivity index is 1.95. The summed E-state index contributed by atoms with van der Waals surface area (Å²) in [4.78, 5) is 18.4. The topological polar surface area (TPSA) is 57.2 Å². The summed E-state index contributed by atoms with van der Waals surface area (Å²) in [5, 5.41) is 4.68. The number of hydrogen-bond acceptors (Lipinski definition) is 4. The third-order valence-electron chi connectivity index (χ3n) is 4.39. The van der Waals surface area contributed by atoms with Gasteiger partial charge in [-0.2, -0.15) is 0 Å². The quantitative estimate of drug-likeness (QED) is 0.865. The Morgan fingerprint density at radius 3 is 2.74 bits per heavy atom. The Hall–Kier alpha value is -1.93. The summed E-state index contributed by atoms with van der Waals surface area (Å²) in [5.41, 5.74) is -0.0367. The Morgan fingerprint density at radius 1 is 1.39 bits per heavy atom. The van der Waals surface area contributed by atoms with Crippen LogP contribution in [0.3, 0.4) is 0 Å². The van der Waals surface area contributed by atoms with Crippen LogP contribution in [0, 0.1) is 5.82 Å². The van der Waals surface area contributed by atoms with Crippen LogP contribution in [0.15, 0.2) is 29.3 Å². The predicted molar refractivity (Wildman–Crippen MR) is 87.0 cm³/mol. The van der Waals surface area contributed by atoms with Gasteiger partial charge in [0.2, 0.25) is 0 Å². The minimum atomic E-state index is -0.576. The van der Waals surface area contributed by atoms with Crippen molar-refractivity contribution in [2.24, 2.45) is 4.99 Å². The molecule has 23 heavy (non-hydrogen) atoms. The molecule has 2 amide bonds. The third-order valence-corrected chi connectivity index (χ3v) is 4.39. The van der Waals surface area contributed by atoms with Crippen LogP contribution < -0.4 is 10.2 Å². The van der Waals surface area contributed by atoms with Crippen LogP contribution in [0.2, 0.25) is 6.82 Å². The number of carbonyl (C=O) groups excluding carboxylic acids is 1. The number of hydrogen-bond donors (Lipinski definition) is 1. The van der Waals surface area contributed by atoms with E-state index in [0.717, 1.165) is 0 Å². The number of amidine groups is 1. The van der Waals surface area contributed by atoms with Gasteiger partial charge in [0.1, 0.15) is 17.2 Å². The second-order valence-corrected chi connectivity index (χ2v) is 5.62. The number of hydroxylamine groups is 2. The number of halogens is 1. The van der Waals surface area contributed by atoms with Crippen molar-refractivity contribution in [3.05, 3.63) is 30.1 Å². The molecule has 0 saturated carbocycles. The van der Waals surface area contributed by atoms with E-state index < -0.39 is 5.54 Å². The van der Waals surface area contributed by atoms with Crippen molar-refractivity contribution in [2.45, 2.75) is 25.2 Å². The van der Waals surface area contributed by atoms with E-state index in [1.165, 1.54) is 12.1 Å². The highest BCUT2D eigenvalue weighted by atomic mass is 19.1. The van der Waals surface area contributed by atoms with Gasteiger partial charge in [-0.3, -0.25) is 15.2 Å².